The van der Waals surface area contributed by atoms with Gasteiger partial charge >= 0.3 is 6.09 Å². The number of pyridine rings is 1. The number of nitrogens with zero attached hydrogens (tertiary/aromatic N) is 2. The summed E-state index contributed by atoms with van der Waals surface area (Å²) in [5.41, 5.74) is 1.43. The number of carbonyl (C=O) groups is 1. The number of benzene rings is 1. The van der Waals surface area contributed by atoms with Crippen LogP contribution in [0.25, 0.3) is 0 Å². The zero-order valence-corrected chi connectivity index (χ0v) is 13.7. The van der Waals surface area contributed by atoms with Crippen LogP contribution in [0.1, 0.15) is 24.0 Å². The van der Waals surface area contributed by atoms with Crippen LogP contribution in [0, 0.1) is 29.4 Å². The van der Waals surface area contributed by atoms with Crippen LogP contribution < -0.4 is 4.90 Å². The van der Waals surface area contributed by atoms with Crippen molar-refractivity contribution in [1.82, 2.24) is 4.98 Å². The van der Waals surface area contributed by atoms with Gasteiger partial charge in [0.2, 0.25) is 0 Å². The van der Waals surface area contributed by atoms with Gasteiger partial charge in [-0.25, -0.2) is 23.5 Å². The van der Waals surface area contributed by atoms with Gasteiger partial charge in [-0.05, 0) is 43.2 Å². The molecule has 0 bridgehead atoms. The summed E-state index contributed by atoms with van der Waals surface area (Å²) in [6.45, 7) is 0.407. The van der Waals surface area contributed by atoms with Crippen molar-refractivity contribution < 1.29 is 18.3 Å². The Kier molecular flexibility index (Phi) is 4.13. The van der Waals surface area contributed by atoms with E-state index in [9.17, 15) is 13.6 Å². The van der Waals surface area contributed by atoms with E-state index in [-0.39, 0.29) is 11.5 Å². The van der Waals surface area contributed by atoms with Gasteiger partial charge in [0.25, 0.3) is 0 Å². The van der Waals surface area contributed by atoms with Crippen LogP contribution in [0.15, 0.2) is 48.3 Å². The first kappa shape index (κ1) is 16.3. The van der Waals surface area contributed by atoms with Crippen LogP contribution in [-0.4, -0.2) is 17.7 Å². The Hall–Kier alpha value is -3.20. The number of hydrogen-bond acceptors (Lipinski definition) is 3. The van der Waals surface area contributed by atoms with E-state index in [1.807, 2.05) is 6.08 Å². The molecule has 1 amide bonds. The maximum Gasteiger partial charge on any atom is 0.419 e. The molecule has 1 fully saturated rings. The molecule has 1 aromatic heterocycles. The SMILES string of the molecule is O=C1OC[C@H]2CCC=C2N1c1ccc(C#Cc2cc(F)ccc2F)cn1. The fourth-order valence-electron chi connectivity index (χ4n) is 3.08. The number of halogens is 2. The number of carbonyl (C=O) groups excluding carboxylic acids is 1. The Bertz CT molecular complexity index is 958. The van der Waals surface area contributed by atoms with Crippen molar-refractivity contribution in [3.8, 4) is 11.8 Å². The minimum Gasteiger partial charge on any atom is -0.448 e. The minimum absolute atomic E-state index is 0.0207. The smallest absolute Gasteiger partial charge is 0.419 e. The summed E-state index contributed by atoms with van der Waals surface area (Å²) < 4.78 is 32.0. The van der Waals surface area contributed by atoms with Crippen molar-refractivity contribution in [1.29, 1.82) is 0 Å². The van der Waals surface area contributed by atoms with Crippen molar-refractivity contribution in [3.63, 3.8) is 0 Å². The third-order valence-electron chi connectivity index (χ3n) is 4.38. The maximum absolute atomic E-state index is 13.6. The van der Waals surface area contributed by atoms with Gasteiger partial charge in [0, 0.05) is 23.4 Å². The monoisotopic (exact) mass is 352 g/mol. The Morgan fingerprint density at radius 2 is 2.08 bits per heavy atom. The predicted octanol–water partition coefficient (Wildman–Crippen LogP) is 4.01. The van der Waals surface area contributed by atoms with Gasteiger partial charge in [-0.15, -0.1) is 0 Å². The van der Waals surface area contributed by atoms with E-state index < -0.39 is 17.7 Å². The zero-order valence-electron chi connectivity index (χ0n) is 13.7. The summed E-state index contributed by atoms with van der Waals surface area (Å²) in [6, 6.07) is 6.46. The van der Waals surface area contributed by atoms with Gasteiger partial charge in [0.1, 0.15) is 24.1 Å². The molecular weight excluding hydrogens is 338 g/mol. The van der Waals surface area contributed by atoms with Gasteiger partial charge in [-0.3, -0.25) is 0 Å². The number of fused-ring (bicyclic) bond motifs is 1. The highest BCUT2D eigenvalue weighted by Crippen LogP contribution is 2.35. The van der Waals surface area contributed by atoms with Crippen LogP contribution in [-0.2, 0) is 4.74 Å². The first-order valence-corrected chi connectivity index (χ1v) is 8.22. The first-order valence-electron chi connectivity index (χ1n) is 8.22. The zero-order chi connectivity index (χ0) is 18.1. The van der Waals surface area contributed by atoms with E-state index >= 15 is 0 Å². The predicted molar refractivity (Wildman–Crippen MR) is 91.2 cm³/mol. The molecule has 1 aromatic carbocycles. The lowest BCUT2D eigenvalue weighted by Gasteiger charge is -2.31. The van der Waals surface area contributed by atoms with E-state index in [0.29, 0.717) is 18.0 Å². The van der Waals surface area contributed by atoms with Crippen LogP contribution in [0.2, 0.25) is 0 Å². The highest BCUT2D eigenvalue weighted by atomic mass is 19.1. The molecule has 4 nitrogen and oxygen atoms in total. The number of cyclic esters (lactones) is 1. The molecule has 0 saturated carbocycles. The highest BCUT2D eigenvalue weighted by molar-refractivity contribution is 5.91. The minimum atomic E-state index is -0.584. The molecule has 4 rings (SSSR count). The van der Waals surface area contributed by atoms with Crippen LogP contribution in [0.3, 0.4) is 0 Å². The summed E-state index contributed by atoms with van der Waals surface area (Å²) in [5, 5.41) is 0. The van der Waals surface area contributed by atoms with Crippen molar-refractivity contribution in [2.45, 2.75) is 12.8 Å². The molecule has 1 atom stereocenters. The Balaban J connectivity index is 1.59. The maximum atomic E-state index is 13.6. The molecule has 1 aliphatic carbocycles. The molecule has 26 heavy (non-hydrogen) atoms. The third kappa shape index (κ3) is 3.04. The molecule has 0 N–H and O–H groups in total. The van der Waals surface area contributed by atoms with E-state index in [0.717, 1.165) is 36.7 Å². The molecule has 2 aromatic rings. The Morgan fingerprint density at radius 1 is 1.19 bits per heavy atom. The number of ether oxygens (including phenoxy) is 1. The lowest BCUT2D eigenvalue weighted by molar-refractivity contribution is 0.127. The lowest BCUT2D eigenvalue weighted by atomic mass is 10.1. The number of hydrogen-bond donors (Lipinski definition) is 0. The van der Waals surface area contributed by atoms with Gasteiger partial charge in [-0.1, -0.05) is 17.9 Å². The lowest BCUT2D eigenvalue weighted by Crippen LogP contribution is -2.40. The quantitative estimate of drug-likeness (QED) is 0.729. The summed E-state index contributed by atoms with van der Waals surface area (Å²) in [6.07, 6.45) is 4.96. The van der Waals surface area contributed by atoms with E-state index in [1.165, 1.54) is 11.1 Å². The second-order valence-electron chi connectivity index (χ2n) is 6.09. The molecule has 6 heteroatoms. The summed E-state index contributed by atoms with van der Waals surface area (Å²) in [4.78, 5) is 17.9. The molecular formula is C20H14F2N2O2. The largest absolute Gasteiger partial charge is 0.448 e. The molecule has 2 heterocycles. The van der Waals surface area contributed by atoms with Crippen molar-refractivity contribution in [2.24, 2.45) is 5.92 Å². The van der Waals surface area contributed by atoms with Gasteiger partial charge in [0.05, 0.1) is 5.56 Å². The number of rotatable bonds is 1. The Labute approximate surface area is 149 Å². The van der Waals surface area contributed by atoms with Crippen LogP contribution in [0.4, 0.5) is 19.4 Å². The third-order valence-corrected chi connectivity index (χ3v) is 4.38. The average molecular weight is 352 g/mol. The fraction of sp³-hybridized carbons (Fsp3) is 0.200. The van der Waals surface area contributed by atoms with E-state index in [4.69, 9.17) is 4.74 Å². The molecule has 1 saturated heterocycles. The number of aromatic nitrogens is 1. The van der Waals surface area contributed by atoms with E-state index in [2.05, 4.69) is 16.8 Å². The number of allylic oxidation sites excluding steroid dienone is 1. The number of amides is 1. The molecule has 0 spiro atoms. The summed E-state index contributed by atoms with van der Waals surface area (Å²) >= 11 is 0. The second-order valence-corrected chi connectivity index (χ2v) is 6.09. The number of anilines is 1. The highest BCUT2D eigenvalue weighted by Gasteiger charge is 2.36. The standard InChI is InChI=1S/C20H14F2N2O2/c21-16-7-8-17(22)14(10-16)6-4-13-5-9-19(23-11-13)24-18-3-1-2-15(18)12-26-20(24)25/h3,5,7-11,15H,1-2,12H2/t15-/m1/s1. The van der Waals surface area contributed by atoms with Crippen molar-refractivity contribution in [3.05, 3.63) is 71.1 Å². The normalized spacial score (nSPS) is 18.5. The topological polar surface area (TPSA) is 42.4 Å². The van der Waals surface area contributed by atoms with Crippen molar-refractivity contribution >= 4 is 11.9 Å². The molecule has 130 valence electrons. The molecule has 0 radical (unpaired) electrons. The van der Waals surface area contributed by atoms with E-state index in [1.54, 1.807) is 12.1 Å². The summed E-state index contributed by atoms with van der Waals surface area (Å²) in [5.74, 6) is 4.87. The van der Waals surface area contributed by atoms with Crippen LogP contribution in [0.5, 0.6) is 0 Å². The molecule has 0 unspecified atom stereocenters. The fourth-order valence-corrected chi connectivity index (χ4v) is 3.08. The second kappa shape index (κ2) is 6.60. The van der Waals surface area contributed by atoms with Gasteiger partial charge < -0.3 is 4.74 Å². The van der Waals surface area contributed by atoms with Gasteiger partial charge in [-0.2, -0.15) is 0 Å². The molecule has 2 aliphatic rings. The van der Waals surface area contributed by atoms with Gasteiger partial charge in [0.15, 0.2) is 0 Å². The molecule has 1 aliphatic heterocycles. The average Bonchev–Trinajstić information content (AvgIpc) is 3.12. The van der Waals surface area contributed by atoms with Crippen molar-refractivity contribution in [2.75, 3.05) is 11.5 Å². The first-order chi connectivity index (χ1) is 12.6. The Morgan fingerprint density at radius 3 is 2.88 bits per heavy atom. The van der Waals surface area contributed by atoms with Crippen LogP contribution >= 0.6 is 0 Å². The summed E-state index contributed by atoms with van der Waals surface area (Å²) in [7, 11) is 0.